The highest BCUT2D eigenvalue weighted by Gasteiger charge is 2.20. The highest BCUT2D eigenvalue weighted by Crippen LogP contribution is 2.24. The summed E-state index contributed by atoms with van der Waals surface area (Å²) in [4.78, 5) is 24.1. The Balaban J connectivity index is 2.19. The number of sulfonamides is 1. The van der Waals surface area contributed by atoms with Crippen LogP contribution < -0.4 is 15.8 Å². The van der Waals surface area contributed by atoms with Crippen LogP contribution in [0.2, 0.25) is 0 Å². The van der Waals surface area contributed by atoms with Crippen molar-refractivity contribution in [3.8, 4) is 0 Å². The van der Waals surface area contributed by atoms with Gasteiger partial charge in [0.25, 0.3) is 10.0 Å². The van der Waals surface area contributed by atoms with Gasteiger partial charge in [-0.25, -0.2) is 8.42 Å². The minimum atomic E-state index is -3.87. The third-order valence-electron chi connectivity index (χ3n) is 4.66. The molecule has 0 amide bonds. The van der Waals surface area contributed by atoms with Crippen LogP contribution in [0.4, 0.5) is 5.69 Å². The lowest BCUT2D eigenvalue weighted by atomic mass is 10.1. The van der Waals surface area contributed by atoms with Crippen molar-refractivity contribution in [2.75, 3.05) is 4.72 Å². The molecule has 0 aliphatic heterocycles. The molecule has 27 heavy (non-hydrogen) atoms. The van der Waals surface area contributed by atoms with Crippen LogP contribution in [-0.2, 0) is 30.5 Å². The summed E-state index contributed by atoms with van der Waals surface area (Å²) in [6.07, 6.45) is 0.792. The zero-order chi connectivity index (χ0) is 19.9. The second-order valence-electron chi connectivity index (χ2n) is 6.49. The number of aromatic nitrogens is 2. The van der Waals surface area contributed by atoms with Gasteiger partial charge in [-0.3, -0.25) is 14.3 Å². The number of benzene rings is 2. The second kappa shape index (κ2) is 6.70. The molecule has 0 fully saturated rings. The monoisotopic (exact) mass is 387 g/mol. The summed E-state index contributed by atoms with van der Waals surface area (Å²) in [7, 11) is -0.917. The van der Waals surface area contributed by atoms with E-state index in [4.69, 9.17) is 0 Å². The van der Waals surface area contributed by atoms with Gasteiger partial charge >= 0.3 is 11.1 Å². The Morgan fingerprint density at radius 1 is 0.963 bits per heavy atom. The van der Waals surface area contributed by atoms with Gasteiger partial charge in [0.05, 0.1) is 15.9 Å². The summed E-state index contributed by atoms with van der Waals surface area (Å²) in [5.41, 5.74) is 1.47. The Kier molecular flexibility index (Phi) is 4.69. The van der Waals surface area contributed by atoms with Crippen molar-refractivity contribution in [1.82, 2.24) is 9.13 Å². The molecule has 0 aliphatic rings. The standard InChI is InChI=1S/C19H21N3O4S/c1-5-13-7-6-8-14(10-13)20-27(25,26)17-11-16-15(9-12(17)2)21(3)18(23)19(24)22(16)4/h6-11,20H,5H2,1-4H3. The maximum atomic E-state index is 12.9. The Morgan fingerprint density at radius 3 is 2.15 bits per heavy atom. The SMILES string of the molecule is CCc1cccc(NS(=O)(=O)c2cc3c(cc2C)n(C)c(=O)c(=O)n3C)c1. The van der Waals surface area contributed by atoms with E-state index in [0.29, 0.717) is 22.3 Å². The molecular weight excluding hydrogens is 366 g/mol. The number of anilines is 1. The van der Waals surface area contributed by atoms with Gasteiger partial charge in [0.15, 0.2) is 0 Å². The number of aryl methyl sites for hydroxylation is 4. The van der Waals surface area contributed by atoms with Gasteiger partial charge in [0, 0.05) is 19.8 Å². The van der Waals surface area contributed by atoms with Gasteiger partial charge < -0.3 is 9.13 Å². The smallest absolute Gasteiger partial charge is 0.305 e. The van der Waals surface area contributed by atoms with Crippen molar-refractivity contribution in [1.29, 1.82) is 0 Å². The topological polar surface area (TPSA) is 90.2 Å². The largest absolute Gasteiger partial charge is 0.316 e. The summed E-state index contributed by atoms with van der Waals surface area (Å²) in [5, 5.41) is 0. The van der Waals surface area contributed by atoms with Crippen molar-refractivity contribution < 1.29 is 8.42 Å². The van der Waals surface area contributed by atoms with E-state index in [2.05, 4.69) is 4.72 Å². The highest BCUT2D eigenvalue weighted by molar-refractivity contribution is 7.92. The summed E-state index contributed by atoms with van der Waals surface area (Å²) in [6.45, 7) is 3.65. The zero-order valence-corrected chi connectivity index (χ0v) is 16.4. The van der Waals surface area contributed by atoms with Gasteiger partial charge in [-0.2, -0.15) is 0 Å². The van der Waals surface area contributed by atoms with Crippen LogP contribution in [0.15, 0.2) is 50.9 Å². The fourth-order valence-corrected chi connectivity index (χ4v) is 4.36. The number of rotatable bonds is 4. The maximum absolute atomic E-state index is 12.9. The predicted octanol–water partition coefficient (Wildman–Crippen LogP) is 1.91. The van der Waals surface area contributed by atoms with Crippen LogP contribution in [0.25, 0.3) is 11.0 Å². The molecule has 0 radical (unpaired) electrons. The summed E-state index contributed by atoms with van der Waals surface area (Å²) >= 11 is 0. The van der Waals surface area contributed by atoms with E-state index < -0.39 is 21.1 Å². The Hall–Kier alpha value is -2.87. The molecule has 1 heterocycles. The van der Waals surface area contributed by atoms with Crippen LogP contribution in [0.3, 0.4) is 0 Å². The van der Waals surface area contributed by atoms with Gasteiger partial charge in [-0.15, -0.1) is 0 Å². The Bertz CT molecular complexity index is 1270. The number of nitrogens with one attached hydrogen (secondary N) is 1. The van der Waals surface area contributed by atoms with Crippen molar-refractivity contribution >= 4 is 26.7 Å². The van der Waals surface area contributed by atoms with E-state index >= 15 is 0 Å². The van der Waals surface area contributed by atoms with Crippen molar-refractivity contribution in [3.05, 3.63) is 68.2 Å². The first-order valence-electron chi connectivity index (χ1n) is 8.48. The Labute approximate surface area is 156 Å². The third-order valence-corrected chi connectivity index (χ3v) is 6.19. The first-order valence-corrected chi connectivity index (χ1v) is 9.96. The third kappa shape index (κ3) is 3.28. The van der Waals surface area contributed by atoms with Crippen molar-refractivity contribution in [2.45, 2.75) is 25.2 Å². The molecule has 0 bridgehead atoms. The summed E-state index contributed by atoms with van der Waals surface area (Å²) in [6, 6.07) is 10.2. The minimum absolute atomic E-state index is 0.0607. The van der Waals surface area contributed by atoms with Crippen LogP contribution in [0.1, 0.15) is 18.1 Å². The second-order valence-corrected chi connectivity index (χ2v) is 8.15. The average Bonchev–Trinajstić information content (AvgIpc) is 2.64. The molecule has 0 atom stereocenters. The summed E-state index contributed by atoms with van der Waals surface area (Å²) in [5.74, 6) is 0. The lowest BCUT2D eigenvalue weighted by molar-refractivity contribution is 0.600. The van der Waals surface area contributed by atoms with E-state index in [0.717, 1.165) is 12.0 Å². The molecule has 3 rings (SSSR count). The molecule has 3 aromatic rings. The zero-order valence-electron chi connectivity index (χ0n) is 15.6. The molecule has 0 aliphatic carbocycles. The van der Waals surface area contributed by atoms with Crippen LogP contribution in [-0.4, -0.2) is 17.6 Å². The van der Waals surface area contributed by atoms with Crippen LogP contribution >= 0.6 is 0 Å². The van der Waals surface area contributed by atoms with E-state index in [1.54, 1.807) is 31.2 Å². The maximum Gasteiger partial charge on any atom is 0.316 e. The number of hydrogen-bond acceptors (Lipinski definition) is 4. The van der Waals surface area contributed by atoms with Crippen molar-refractivity contribution in [2.24, 2.45) is 14.1 Å². The number of nitrogens with zero attached hydrogens (tertiary/aromatic N) is 2. The normalized spacial score (nSPS) is 11.7. The lowest BCUT2D eigenvalue weighted by Crippen LogP contribution is -2.39. The minimum Gasteiger partial charge on any atom is -0.305 e. The first kappa shape index (κ1) is 18.9. The quantitative estimate of drug-likeness (QED) is 0.693. The molecule has 1 N–H and O–H groups in total. The molecule has 0 unspecified atom stereocenters. The highest BCUT2D eigenvalue weighted by atomic mass is 32.2. The molecule has 7 nitrogen and oxygen atoms in total. The first-order chi connectivity index (χ1) is 12.7. The number of hydrogen-bond donors (Lipinski definition) is 1. The fraction of sp³-hybridized carbons (Fsp3) is 0.263. The van der Waals surface area contributed by atoms with Gasteiger partial charge in [0.1, 0.15) is 0 Å². The van der Waals surface area contributed by atoms with Gasteiger partial charge in [-0.05, 0) is 48.7 Å². The average molecular weight is 387 g/mol. The predicted molar refractivity (Wildman–Crippen MR) is 106 cm³/mol. The Morgan fingerprint density at radius 2 is 1.56 bits per heavy atom. The molecule has 0 saturated carbocycles. The van der Waals surface area contributed by atoms with Crippen LogP contribution in [0, 0.1) is 6.92 Å². The van der Waals surface area contributed by atoms with E-state index in [1.807, 2.05) is 13.0 Å². The number of fused-ring (bicyclic) bond motifs is 1. The molecule has 0 saturated heterocycles. The molecule has 0 spiro atoms. The molecular formula is C19H21N3O4S. The van der Waals surface area contributed by atoms with E-state index in [-0.39, 0.29) is 4.90 Å². The van der Waals surface area contributed by atoms with Gasteiger partial charge in [0.2, 0.25) is 0 Å². The lowest BCUT2D eigenvalue weighted by Gasteiger charge is -2.15. The summed E-state index contributed by atoms with van der Waals surface area (Å²) < 4.78 is 30.9. The molecule has 1 aromatic heterocycles. The fourth-order valence-electron chi connectivity index (χ4n) is 3.06. The van der Waals surface area contributed by atoms with E-state index in [9.17, 15) is 18.0 Å². The molecule has 142 valence electrons. The van der Waals surface area contributed by atoms with Gasteiger partial charge in [-0.1, -0.05) is 19.1 Å². The molecule has 8 heteroatoms. The van der Waals surface area contributed by atoms with Crippen LogP contribution in [0.5, 0.6) is 0 Å². The molecule has 2 aromatic carbocycles. The van der Waals surface area contributed by atoms with E-state index in [1.165, 1.54) is 29.3 Å². The van der Waals surface area contributed by atoms with Crippen molar-refractivity contribution in [3.63, 3.8) is 0 Å².